The first-order valence-electron chi connectivity index (χ1n) is 11.1. The molecule has 9 nitrogen and oxygen atoms in total. The number of nitrogens with one attached hydrogen (secondary N) is 3. The number of hydrogen-bond donors (Lipinski definition) is 3. The molecule has 0 radical (unpaired) electrons. The number of amides is 2. The molecule has 0 spiro atoms. The van der Waals surface area contributed by atoms with E-state index in [4.69, 9.17) is 21.7 Å². The van der Waals surface area contributed by atoms with Crippen molar-refractivity contribution in [2.75, 3.05) is 30.9 Å². The Hall–Kier alpha value is -3.92. The molecule has 10 heteroatoms. The van der Waals surface area contributed by atoms with Crippen LogP contribution in [0.2, 0.25) is 0 Å². The first-order chi connectivity index (χ1) is 16.8. The zero-order chi connectivity index (χ0) is 25.5. The molecule has 3 rings (SSSR count). The Bertz CT molecular complexity index is 1150. The highest BCUT2D eigenvalue weighted by Gasteiger charge is 2.33. The molecule has 2 amide bonds. The number of anilines is 2. The maximum atomic E-state index is 12.5. The molecule has 1 aliphatic heterocycles. The lowest BCUT2D eigenvalue weighted by atomic mass is 9.95. The number of urea groups is 1. The van der Waals surface area contributed by atoms with E-state index in [0.717, 1.165) is 11.3 Å². The minimum atomic E-state index is -0.474. The SMILES string of the molecule is CCOC(=O)c1ccc(NC(=O)Nc2ccc(C3NC(=S)N(CC)C(C)=C3C(=O)OC)cc2)cc1. The van der Waals surface area contributed by atoms with Gasteiger partial charge >= 0.3 is 18.0 Å². The van der Waals surface area contributed by atoms with Gasteiger partial charge in [0.2, 0.25) is 0 Å². The molecule has 0 aromatic heterocycles. The molecule has 3 N–H and O–H groups in total. The minimum absolute atomic E-state index is 0.292. The molecule has 184 valence electrons. The van der Waals surface area contributed by atoms with Gasteiger partial charge in [0.1, 0.15) is 0 Å². The first kappa shape index (κ1) is 25.7. The molecular weight excluding hydrogens is 468 g/mol. The summed E-state index contributed by atoms with van der Waals surface area (Å²) >= 11 is 5.47. The molecule has 1 heterocycles. The van der Waals surface area contributed by atoms with Gasteiger partial charge in [0.25, 0.3) is 0 Å². The van der Waals surface area contributed by atoms with E-state index in [1.807, 2.05) is 30.9 Å². The van der Waals surface area contributed by atoms with E-state index >= 15 is 0 Å². The largest absolute Gasteiger partial charge is 0.466 e. The molecule has 1 unspecified atom stereocenters. The van der Waals surface area contributed by atoms with Gasteiger partial charge in [-0.3, -0.25) is 0 Å². The maximum Gasteiger partial charge on any atom is 0.338 e. The van der Waals surface area contributed by atoms with Crippen LogP contribution in [-0.2, 0) is 14.3 Å². The van der Waals surface area contributed by atoms with E-state index in [-0.39, 0.29) is 0 Å². The van der Waals surface area contributed by atoms with E-state index < -0.39 is 24.0 Å². The molecule has 0 saturated carbocycles. The predicted octanol–water partition coefficient (Wildman–Crippen LogP) is 4.21. The van der Waals surface area contributed by atoms with Crippen molar-refractivity contribution in [1.82, 2.24) is 10.2 Å². The van der Waals surface area contributed by atoms with Gasteiger partial charge in [-0.1, -0.05) is 12.1 Å². The smallest absolute Gasteiger partial charge is 0.338 e. The van der Waals surface area contributed by atoms with Crippen molar-refractivity contribution in [3.63, 3.8) is 0 Å². The lowest BCUT2D eigenvalue weighted by Gasteiger charge is -2.36. The molecule has 0 saturated heterocycles. The summed E-state index contributed by atoms with van der Waals surface area (Å²) in [7, 11) is 1.35. The van der Waals surface area contributed by atoms with E-state index in [2.05, 4.69) is 16.0 Å². The normalized spacial score (nSPS) is 15.3. The highest BCUT2D eigenvalue weighted by Crippen LogP contribution is 2.31. The Labute approximate surface area is 209 Å². The number of esters is 2. The third kappa shape index (κ3) is 5.96. The molecule has 0 aliphatic carbocycles. The number of carbonyl (C=O) groups is 3. The van der Waals surface area contributed by atoms with E-state index in [1.165, 1.54) is 7.11 Å². The zero-order valence-corrected chi connectivity index (χ0v) is 20.8. The Balaban J connectivity index is 1.70. The number of benzene rings is 2. The summed E-state index contributed by atoms with van der Waals surface area (Å²) in [5.41, 5.74) is 3.50. The predicted molar refractivity (Wildman–Crippen MR) is 137 cm³/mol. The fourth-order valence-corrected chi connectivity index (χ4v) is 4.13. The first-order valence-corrected chi connectivity index (χ1v) is 11.5. The van der Waals surface area contributed by atoms with Crippen LogP contribution in [0.25, 0.3) is 0 Å². The number of ether oxygens (including phenoxy) is 2. The average Bonchev–Trinajstić information content (AvgIpc) is 2.84. The van der Waals surface area contributed by atoms with Gasteiger partial charge in [-0.05, 0) is 75.0 Å². The molecule has 0 fully saturated rings. The minimum Gasteiger partial charge on any atom is -0.466 e. The fraction of sp³-hybridized carbons (Fsp3) is 0.280. The van der Waals surface area contributed by atoms with Crippen molar-refractivity contribution in [2.45, 2.75) is 26.8 Å². The second-order valence-electron chi connectivity index (χ2n) is 7.62. The zero-order valence-electron chi connectivity index (χ0n) is 20.0. The highest BCUT2D eigenvalue weighted by molar-refractivity contribution is 7.80. The number of nitrogens with zero attached hydrogens (tertiary/aromatic N) is 1. The van der Waals surface area contributed by atoms with Gasteiger partial charge in [-0.2, -0.15) is 0 Å². The summed E-state index contributed by atoms with van der Waals surface area (Å²) in [6.07, 6.45) is 0. The molecule has 2 aromatic rings. The van der Waals surface area contributed by atoms with Crippen LogP contribution >= 0.6 is 12.2 Å². The summed E-state index contributed by atoms with van der Waals surface area (Å²) < 4.78 is 9.96. The average molecular weight is 497 g/mol. The quantitative estimate of drug-likeness (QED) is 0.387. The number of thiocarbonyl (C=S) groups is 1. The Morgan fingerprint density at radius 2 is 1.54 bits per heavy atom. The van der Waals surface area contributed by atoms with Gasteiger partial charge < -0.3 is 30.3 Å². The van der Waals surface area contributed by atoms with Crippen molar-refractivity contribution in [3.05, 3.63) is 70.9 Å². The molecule has 1 aliphatic rings. The van der Waals surface area contributed by atoms with Crippen LogP contribution in [0, 0.1) is 0 Å². The molecular formula is C25H28N4O5S. The van der Waals surface area contributed by atoms with Crippen molar-refractivity contribution in [1.29, 1.82) is 0 Å². The van der Waals surface area contributed by atoms with E-state index in [1.54, 1.807) is 43.3 Å². The summed E-state index contributed by atoms with van der Waals surface area (Å²) in [6.45, 7) is 6.44. The second-order valence-corrected chi connectivity index (χ2v) is 8.00. The lowest BCUT2D eigenvalue weighted by Crippen LogP contribution is -2.47. The van der Waals surface area contributed by atoms with Crippen LogP contribution in [0.1, 0.15) is 42.7 Å². The van der Waals surface area contributed by atoms with Crippen molar-refractivity contribution < 1.29 is 23.9 Å². The number of rotatable bonds is 7. The van der Waals surface area contributed by atoms with Gasteiger partial charge in [0, 0.05) is 23.6 Å². The van der Waals surface area contributed by atoms with Crippen LogP contribution in [0.5, 0.6) is 0 Å². The number of methoxy groups -OCH3 is 1. The summed E-state index contributed by atoms with van der Waals surface area (Å²) in [5, 5.41) is 9.21. The topological polar surface area (TPSA) is 109 Å². The monoisotopic (exact) mass is 496 g/mol. The number of hydrogen-bond acceptors (Lipinski definition) is 6. The van der Waals surface area contributed by atoms with Crippen LogP contribution in [0.15, 0.2) is 59.8 Å². The van der Waals surface area contributed by atoms with Gasteiger partial charge in [-0.15, -0.1) is 0 Å². The standard InChI is InChI=1S/C25H28N4O5S/c1-5-29-15(3)20(23(31)33-4)21(28-25(29)35)16-7-11-18(12-8-16)26-24(32)27-19-13-9-17(10-14-19)22(30)34-6-2/h7-14,21H,5-6H2,1-4H3,(H,28,35)(H2,26,27,32). The van der Waals surface area contributed by atoms with Gasteiger partial charge in [-0.25, -0.2) is 14.4 Å². The number of allylic oxidation sites excluding steroid dienone is 1. The van der Waals surface area contributed by atoms with E-state index in [0.29, 0.717) is 40.8 Å². The van der Waals surface area contributed by atoms with Gasteiger partial charge in [0.15, 0.2) is 5.11 Å². The molecule has 0 bridgehead atoms. The summed E-state index contributed by atoms with van der Waals surface area (Å²) in [4.78, 5) is 38.5. The Morgan fingerprint density at radius 3 is 2.06 bits per heavy atom. The van der Waals surface area contributed by atoms with Crippen LogP contribution in [-0.4, -0.2) is 48.2 Å². The van der Waals surface area contributed by atoms with Gasteiger partial charge in [0.05, 0.1) is 30.9 Å². The Morgan fingerprint density at radius 1 is 0.971 bits per heavy atom. The Kier molecular flexibility index (Phi) is 8.43. The summed E-state index contributed by atoms with van der Waals surface area (Å²) in [6, 6.07) is 12.6. The van der Waals surface area contributed by atoms with Crippen LogP contribution in [0.3, 0.4) is 0 Å². The molecule has 1 atom stereocenters. The van der Waals surface area contributed by atoms with Crippen molar-refractivity contribution in [2.24, 2.45) is 0 Å². The van der Waals surface area contributed by atoms with Crippen molar-refractivity contribution in [3.8, 4) is 0 Å². The van der Waals surface area contributed by atoms with E-state index in [9.17, 15) is 14.4 Å². The summed E-state index contributed by atoms with van der Waals surface area (Å²) in [5.74, 6) is -0.851. The molecule has 2 aromatic carbocycles. The third-order valence-electron chi connectivity index (χ3n) is 5.47. The number of carbonyl (C=O) groups excluding carboxylic acids is 3. The van der Waals surface area contributed by atoms with Crippen LogP contribution in [0.4, 0.5) is 16.2 Å². The molecule has 35 heavy (non-hydrogen) atoms. The lowest BCUT2D eigenvalue weighted by molar-refractivity contribution is -0.136. The second kappa shape index (κ2) is 11.5. The van der Waals surface area contributed by atoms with Crippen molar-refractivity contribution >= 4 is 46.7 Å². The van der Waals surface area contributed by atoms with Crippen LogP contribution < -0.4 is 16.0 Å². The fourth-order valence-electron chi connectivity index (χ4n) is 3.74. The third-order valence-corrected chi connectivity index (χ3v) is 5.81. The highest BCUT2D eigenvalue weighted by atomic mass is 32.1. The maximum absolute atomic E-state index is 12.5.